The molecule has 0 spiro atoms. The Balaban J connectivity index is 0.00000338. The molecule has 0 amide bonds. The number of hydrogen-bond acceptors (Lipinski definition) is 1. The van der Waals surface area contributed by atoms with Gasteiger partial charge in [0, 0.05) is 20.1 Å². The minimum Gasteiger partial charge on any atom is -0.356 e. The Morgan fingerprint density at radius 3 is 2.42 bits per heavy atom. The van der Waals surface area contributed by atoms with Crippen molar-refractivity contribution >= 4 is 29.9 Å². The van der Waals surface area contributed by atoms with Crippen LogP contribution in [0.4, 0.5) is 17.6 Å². The normalized spacial score (nSPS) is 11.7. The lowest BCUT2D eigenvalue weighted by Crippen LogP contribution is -2.38. The van der Waals surface area contributed by atoms with Gasteiger partial charge in [-0.1, -0.05) is 30.3 Å². The first kappa shape index (κ1) is 22.2. The minimum absolute atomic E-state index is 0. The Labute approximate surface area is 166 Å². The lowest BCUT2D eigenvalue weighted by Gasteiger charge is -2.13. The first-order valence-electron chi connectivity index (χ1n) is 7.74. The van der Waals surface area contributed by atoms with Gasteiger partial charge in [-0.2, -0.15) is 13.2 Å². The fraction of sp³-hybridized carbons (Fsp3) is 0.278. The van der Waals surface area contributed by atoms with E-state index < -0.39 is 11.7 Å². The molecule has 0 atom stereocenters. The maximum absolute atomic E-state index is 13.5. The Morgan fingerprint density at radius 1 is 1.04 bits per heavy atom. The summed E-state index contributed by atoms with van der Waals surface area (Å²) in [5.74, 6) is 0.171. The summed E-state index contributed by atoms with van der Waals surface area (Å²) in [5, 5.41) is 5.95. The van der Waals surface area contributed by atoms with Crippen LogP contribution in [0.1, 0.15) is 16.7 Å². The number of rotatable bonds is 5. The smallest absolute Gasteiger partial charge is 0.356 e. The van der Waals surface area contributed by atoms with Gasteiger partial charge in [0.2, 0.25) is 0 Å². The van der Waals surface area contributed by atoms with Crippen LogP contribution >= 0.6 is 24.0 Å². The van der Waals surface area contributed by atoms with Gasteiger partial charge >= 0.3 is 6.18 Å². The summed E-state index contributed by atoms with van der Waals surface area (Å²) in [4.78, 5) is 4.01. The molecule has 0 aliphatic heterocycles. The largest absolute Gasteiger partial charge is 0.416 e. The molecule has 0 heterocycles. The van der Waals surface area contributed by atoms with Crippen LogP contribution in [-0.2, 0) is 19.1 Å². The fourth-order valence-electron chi connectivity index (χ4n) is 2.28. The van der Waals surface area contributed by atoms with Crippen LogP contribution in [0.3, 0.4) is 0 Å². The summed E-state index contributed by atoms with van der Waals surface area (Å²) >= 11 is 0. The van der Waals surface area contributed by atoms with Crippen molar-refractivity contribution in [1.29, 1.82) is 0 Å². The topological polar surface area (TPSA) is 36.4 Å². The van der Waals surface area contributed by atoms with E-state index in [9.17, 15) is 17.6 Å². The van der Waals surface area contributed by atoms with E-state index in [0.29, 0.717) is 30.1 Å². The van der Waals surface area contributed by atoms with Gasteiger partial charge in [-0.15, -0.1) is 24.0 Å². The van der Waals surface area contributed by atoms with Crippen LogP contribution in [0.2, 0.25) is 0 Å². The SMILES string of the molecule is CN=C(NCCc1ccccc1F)NCc1cccc(C(F)(F)F)c1.I. The molecular weight excluding hydrogens is 461 g/mol. The predicted molar refractivity (Wildman–Crippen MR) is 105 cm³/mol. The highest BCUT2D eigenvalue weighted by Crippen LogP contribution is 2.29. The zero-order valence-electron chi connectivity index (χ0n) is 14.1. The van der Waals surface area contributed by atoms with Crippen LogP contribution in [0, 0.1) is 5.82 Å². The highest BCUT2D eigenvalue weighted by molar-refractivity contribution is 14.0. The zero-order chi connectivity index (χ0) is 18.3. The molecular formula is C18H20F4IN3. The number of hydrogen-bond donors (Lipinski definition) is 2. The van der Waals surface area contributed by atoms with Crippen LogP contribution in [0.15, 0.2) is 53.5 Å². The van der Waals surface area contributed by atoms with E-state index in [0.717, 1.165) is 12.1 Å². The van der Waals surface area contributed by atoms with E-state index in [4.69, 9.17) is 0 Å². The number of alkyl halides is 3. The van der Waals surface area contributed by atoms with Crippen molar-refractivity contribution in [3.63, 3.8) is 0 Å². The van der Waals surface area contributed by atoms with Gasteiger partial charge in [0.1, 0.15) is 5.82 Å². The molecule has 0 aliphatic carbocycles. The van der Waals surface area contributed by atoms with Gasteiger partial charge in [0.05, 0.1) is 5.56 Å². The maximum Gasteiger partial charge on any atom is 0.416 e. The van der Waals surface area contributed by atoms with Gasteiger partial charge in [-0.25, -0.2) is 4.39 Å². The molecule has 0 saturated heterocycles. The van der Waals surface area contributed by atoms with Gasteiger partial charge < -0.3 is 10.6 Å². The Hall–Kier alpha value is -1.84. The molecule has 0 unspecified atom stereocenters. The molecule has 0 fully saturated rings. The van der Waals surface area contributed by atoms with E-state index in [1.165, 1.54) is 12.1 Å². The average Bonchev–Trinajstić information content (AvgIpc) is 2.59. The molecule has 142 valence electrons. The molecule has 2 aromatic carbocycles. The Kier molecular flexibility index (Phi) is 8.83. The predicted octanol–water partition coefficient (Wildman–Crippen LogP) is 4.37. The van der Waals surface area contributed by atoms with Gasteiger partial charge in [0.25, 0.3) is 0 Å². The van der Waals surface area contributed by atoms with E-state index in [-0.39, 0.29) is 36.3 Å². The molecule has 8 heteroatoms. The van der Waals surface area contributed by atoms with Crippen LogP contribution in [-0.4, -0.2) is 19.6 Å². The molecule has 26 heavy (non-hydrogen) atoms. The number of nitrogens with zero attached hydrogens (tertiary/aromatic N) is 1. The van der Waals surface area contributed by atoms with E-state index in [1.54, 1.807) is 31.3 Å². The second-order valence-corrected chi connectivity index (χ2v) is 5.39. The number of guanidine groups is 1. The molecule has 0 saturated carbocycles. The van der Waals surface area contributed by atoms with Crippen LogP contribution < -0.4 is 10.6 Å². The second kappa shape index (κ2) is 10.3. The quantitative estimate of drug-likeness (QED) is 0.288. The fourth-order valence-corrected chi connectivity index (χ4v) is 2.28. The number of benzene rings is 2. The van der Waals surface area contributed by atoms with Crippen LogP contribution in [0.5, 0.6) is 0 Å². The summed E-state index contributed by atoms with van der Waals surface area (Å²) in [7, 11) is 1.56. The molecule has 2 N–H and O–H groups in total. The van der Waals surface area contributed by atoms with Gasteiger partial charge in [-0.05, 0) is 35.7 Å². The van der Waals surface area contributed by atoms with Crippen molar-refractivity contribution in [3.8, 4) is 0 Å². The maximum atomic E-state index is 13.5. The number of halogens is 5. The summed E-state index contributed by atoms with van der Waals surface area (Å²) in [6.45, 7) is 0.645. The second-order valence-electron chi connectivity index (χ2n) is 5.39. The Bertz CT molecular complexity index is 732. The van der Waals surface area contributed by atoms with Crippen LogP contribution in [0.25, 0.3) is 0 Å². The van der Waals surface area contributed by atoms with Crippen molar-refractivity contribution in [1.82, 2.24) is 10.6 Å². The number of nitrogens with one attached hydrogen (secondary N) is 2. The molecule has 0 aliphatic rings. The summed E-state index contributed by atoms with van der Waals surface area (Å²) in [6, 6.07) is 11.6. The summed E-state index contributed by atoms with van der Waals surface area (Å²) in [6.07, 6.45) is -3.90. The Morgan fingerprint density at radius 2 is 1.77 bits per heavy atom. The summed E-state index contributed by atoms with van der Waals surface area (Å²) < 4.78 is 51.7. The first-order chi connectivity index (χ1) is 11.9. The molecule has 2 aromatic rings. The molecule has 2 rings (SSSR count). The summed E-state index contributed by atoms with van der Waals surface area (Å²) in [5.41, 5.74) is 0.393. The van der Waals surface area contributed by atoms with Crippen molar-refractivity contribution in [2.45, 2.75) is 19.1 Å². The molecule has 0 bridgehead atoms. The monoisotopic (exact) mass is 481 g/mol. The third-order valence-electron chi connectivity index (χ3n) is 3.58. The van der Waals surface area contributed by atoms with Crippen molar-refractivity contribution in [2.24, 2.45) is 4.99 Å². The third-order valence-corrected chi connectivity index (χ3v) is 3.58. The molecule has 0 aromatic heterocycles. The van der Waals surface area contributed by atoms with Crippen molar-refractivity contribution < 1.29 is 17.6 Å². The highest BCUT2D eigenvalue weighted by atomic mass is 127. The van der Waals surface area contributed by atoms with Crippen molar-refractivity contribution in [2.75, 3.05) is 13.6 Å². The minimum atomic E-state index is -4.37. The zero-order valence-corrected chi connectivity index (χ0v) is 16.4. The van der Waals surface area contributed by atoms with Gasteiger partial charge in [0.15, 0.2) is 5.96 Å². The van der Waals surface area contributed by atoms with E-state index >= 15 is 0 Å². The lowest BCUT2D eigenvalue weighted by molar-refractivity contribution is -0.137. The first-order valence-corrected chi connectivity index (χ1v) is 7.74. The number of aliphatic imine (C=N–C) groups is 1. The standard InChI is InChI=1S/C18H19F4N3.HI/c1-23-17(24-10-9-14-6-2-3-8-16(14)19)25-12-13-5-4-7-15(11-13)18(20,21)22;/h2-8,11H,9-10,12H2,1H3,(H2,23,24,25);1H. The van der Waals surface area contributed by atoms with Gasteiger partial charge in [-0.3, -0.25) is 4.99 Å². The van der Waals surface area contributed by atoms with Crippen molar-refractivity contribution in [3.05, 3.63) is 71.0 Å². The van der Waals surface area contributed by atoms with E-state index in [2.05, 4.69) is 15.6 Å². The third kappa shape index (κ3) is 6.81. The highest BCUT2D eigenvalue weighted by Gasteiger charge is 2.30. The van der Waals surface area contributed by atoms with E-state index in [1.807, 2.05) is 0 Å². The molecule has 0 radical (unpaired) electrons. The molecule has 3 nitrogen and oxygen atoms in total. The average molecular weight is 481 g/mol. The lowest BCUT2D eigenvalue weighted by atomic mass is 10.1.